The normalized spacial score (nSPS) is 14.0. The molecule has 0 unspecified atom stereocenters. The van der Waals surface area contributed by atoms with Crippen molar-refractivity contribution in [3.05, 3.63) is 83.7 Å². The van der Waals surface area contributed by atoms with E-state index < -0.39 is 107 Å². The second-order valence-corrected chi connectivity index (χ2v) is 21.1. The summed E-state index contributed by atoms with van der Waals surface area (Å²) in [5, 5.41) is 20.9. The topological polar surface area (TPSA) is 240 Å². The molecule has 0 fully saturated rings. The maximum Gasteiger partial charge on any atom is 0.329 e. The van der Waals surface area contributed by atoms with Gasteiger partial charge in [-0.25, -0.2) is 13.6 Å². The fourth-order valence-corrected chi connectivity index (χ4v) is 7.58. The van der Waals surface area contributed by atoms with Crippen LogP contribution in [0.15, 0.2) is 60.8 Å². The summed E-state index contributed by atoms with van der Waals surface area (Å²) in [6.45, 7) is 19.2. The number of carbonyl (C=O) groups excluding carboxylic acids is 7. The number of nitrogens with zero attached hydrogens (tertiary/aromatic N) is 2. The molecule has 5 atom stereocenters. The molecule has 19 heteroatoms. The summed E-state index contributed by atoms with van der Waals surface area (Å²) >= 11 is 0. The highest BCUT2D eigenvalue weighted by molar-refractivity contribution is 5.93. The summed E-state index contributed by atoms with van der Waals surface area (Å²) in [5.41, 5.74) is 5.15. The van der Waals surface area contributed by atoms with Gasteiger partial charge in [0.05, 0.1) is 12.1 Å². The third kappa shape index (κ3) is 19.1. The minimum absolute atomic E-state index is 0.0180. The van der Waals surface area contributed by atoms with Crippen molar-refractivity contribution in [2.75, 3.05) is 19.7 Å². The minimum atomic E-state index is -1.41. The fraction of sp³-hybridized carbons (Fsp3) is 0.558. The van der Waals surface area contributed by atoms with Gasteiger partial charge in [-0.3, -0.25) is 28.8 Å². The maximum absolute atomic E-state index is 15.3. The molecular formula is C52H75F2N7O10. The number of ether oxygens (including phenoxy) is 2. The number of rotatable bonds is 23. The quantitative estimate of drug-likeness (QED) is 0.0675. The monoisotopic (exact) mass is 996 g/mol. The Hall–Kier alpha value is -6.21. The van der Waals surface area contributed by atoms with Crippen LogP contribution in [0.25, 0.3) is 11.1 Å². The zero-order valence-electron chi connectivity index (χ0n) is 43.2. The number of carbonyl (C=O) groups is 7. The largest absolute Gasteiger partial charge is 0.460 e. The van der Waals surface area contributed by atoms with Crippen LogP contribution in [-0.2, 0) is 49.6 Å². The Morgan fingerprint density at radius 3 is 1.97 bits per heavy atom. The number of benzene rings is 2. The standard InChI is InChI=1S/C52H75F2N7O10/c1-31(2)44(55)48(68)57-32(3)46(66)59-38(47(67)56-24-22-41(63)58-39(49(69)71-52(10,11)12)20-21-43(65)70-51(7,8)9)23-25-61(42(64)30-62)45(50(4,5)6)40-26-34(36-27-35(53)18-19-37(36)54)29-60(40)28-33-16-14-13-15-17-33/h13-19,26-27,29,31-32,38-39,44-45,62H,20-25,28,30,55H2,1-12H3,(H,56,67)(H,57,68)(H,58,63)(H,59,66)/t32-,38-,39+,44-,45-/m0/s1. The van der Waals surface area contributed by atoms with E-state index in [0.717, 1.165) is 23.8 Å². The number of halogens is 2. The van der Waals surface area contributed by atoms with Crippen LogP contribution in [0.2, 0.25) is 0 Å². The van der Waals surface area contributed by atoms with Gasteiger partial charge in [0.1, 0.15) is 47.6 Å². The SMILES string of the molecule is CC(C)[C@H](N)C(=O)N[C@@H](C)C(=O)N[C@@H](CCN(C(=O)CO)[C@@H](c1cc(-c2cc(F)ccc2F)cn1Cc1ccccc1)C(C)(C)C)C(=O)NCCC(=O)N[C@H](CCC(=O)OC(C)(C)C)C(=O)OC(C)(C)C. The summed E-state index contributed by atoms with van der Waals surface area (Å²) in [4.78, 5) is 95.0. The molecule has 3 rings (SSSR count). The van der Waals surface area contributed by atoms with E-state index in [1.54, 1.807) is 67.7 Å². The van der Waals surface area contributed by atoms with Gasteiger partial charge in [0.15, 0.2) is 0 Å². The zero-order valence-corrected chi connectivity index (χ0v) is 43.2. The molecule has 71 heavy (non-hydrogen) atoms. The lowest BCUT2D eigenvalue weighted by Crippen LogP contribution is -2.56. The van der Waals surface area contributed by atoms with Gasteiger partial charge in [0, 0.05) is 55.5 Å². The van der Waals surface area contributed by atoms with Crippen LogP contribution in [0, 0.1) is 23.0 Å². The number of aromatic nitrogens is 1. The lowest BCUT2D eigenvalue weighted by atomic mass is 9.82. The Morgan fingerprint density at radius 2 is 1.39 bits per heavy atom. The van der Waals surface area contributed by atoms with E-state index >= 15 is 4.39 Å². The van der Waals surface area contributed by atoms with Crippen LogP contribution < -0.4 is 27.0 Å². The van der Waals surface area contributed by atoms with Gasteiger partial charge in [0.25, 0.3) is 0 Å². The van der Waals surface area contributed by atoms with E-state index in [2.05, 4.69) is 21.3 Å². The van der Waals surface area contributed by atoms with E-state index in [1.807, 2.05) is 55.7 Å². The van der Waals surface area contributed by atoms with Crippen LogP contribution >= 0.6 is 0 Å². The molecule has 0 saturated heterocycles. The molecule has 7 N–H and O–H groups in total. The molecule has 17 nitrogen and oxygen atoms in total. The van der Waals surface area contributed by atoms with Gasteiger partial charge in [0.2, 0.25) is 29.5 Å². The molecule has 0 spiro atoms. The smallest absolute Gasteiger partial charge is 0.329 e. The van der Waals surface area contributed by atoms with Crippen molar-refractivity contribution in [1.29, 1.82) is 0 Å². The predicted molar refractivity (Wildman–Crippen MR) is 264 cm³/mol. The molecule has 0 aliphatic heterocycles. The number of hydrogen-bond donors (Lipinski definition) is 6. The first-order chi connectivity index (χ1) is 32.9. The first-order valence-electron chi connectivity index (χ1n) is 23.9. The first-order valence-corrected chi connectivity index (χ1v) is 23.9. The highest BCUT2D eigenvalue weighted by atomic mass is 19.1. The second-order valence-electron chi connectivity index (χ2n) is 21.1. The van der Waals surface area contributed by atoms with Crippen LogP contribution in [0.3, 0.4) is 0 Å². The molecule has 0 aliphatic carbocycles. The van der Waals surface area contributed by atoms with E-state index in [-0.39, 0.29) is 56.8 Å². The minimum Gasteiger partial charge on any atom is -0.460 e. The second kappa shape index (κ2) is 25.8. The fourth-order valence-electron chi connectivity index (χ4n) is 7.58. The van der Waals surface area contributed by atoms with Gasteiger partial charge in [-0.15, -0.1) is 0 Å². The van der Waals surface area contributed by atoms with Gasteiger partial charge in [-0.2, -0.15) is 0 Å². The molecule has 3 aromatic rings. The third-order valence-corrected chi connectivity index (χ3v) is 11.0. The Labute approximate surface area is 416 Å². The maximum atomic E-state index is 15.3. The van der Waals surface area contributed by atoms with E-state index in [9.17, 15) is 43.1 Å². The van der Waals surface area contributed by atoms with Gasteiger partial charge < -0.3 is 51.0 Å². The van der Waals surface area contributed by atoms with Crippen molar-refractivity contribution in [1.82, 2.24) is 30.7 Å². The predicted octanol–water partition coefficient (Wildman–Crippen LogP) is 5.21. The van der Waals surface area contributed by atoms with E-state index in [1.165, 1.54) is 11.8 Å². The molecule has 0 bridgehead atoms. The molecule has 392 valence electrons. The number of aliphatic hydroxyl groups excluding tert-OH is 1. The van der Waals surface area contributed by atoms with Crippen LogP contribution in [0.1, 0.15) is 126 Å². The Kier molecular flexibility index (Phi) is 21.5. The molecule has 1 heterocycles. The molecule has 2 aromatic carbocycles. The lowest BCUT2D eigenvalue weighted by molar-refractivity contribution is -0.160. The van der Waals surface area contributed by atoms with Crippen LogP contribution in [-0.4, -0.2) is 111 Å². The van der Waals surface area contributed by atoms with Crippen LogP contribution in [0.4, 0.5) is 8.78 Å². The number of esters is 2. The Bertz CT molecular complexity index is 2320. The average molecular weight is 996 g/mol. The molecular weight excluding hydrogens is 921 g/mol. The molecule has 1 aromatic heterocycles. The number of nitrogens with one attached hydrogen (secondary N) is 4. The summed E-state index contributed by atoms with van der Waals surface area (Å²) in [7, 11) is 0. The molecule has 0 radical (unpaired) electrons. The highest BCUT2D eigenvalue weighted by Gasteiger charge is 2.38. The Balaban J connectivity index is 1.99. The Morgan fingerprint density at radius 1 is 0.761 bits per heavy atom. The van der Waals surface area contributed by atoms with Crippen molar-refractivity contribution in [2.24, 2.45) is 17.1 Å². The van der Waals surface area contributed by atoms with Gasteiger partial charge in [-0.1, -0.05) is 65.0 Å². The van der Waals surface area contributed by atoms with Crippen molar-refractivity contribution >= 4 is 41.5 Å². The van der Waals surface area contributed by atoms with Crippen LogP contribution in [0.5, 0.6) is 0 Å². The zero-order chi connectivity index (χ0) is 53.6. The lowest BCUT2D eigenvalue weighted by Gasteiger charge is -2.41. The number of nitrogens with two attached hydrogens (primary N) is 1. The van der Waals surface area contributed by atoms with Gasteiger partial charge >= 0.3 is 11.9 Å². The summed E-state index contributed by atoms with van der Waals surface area (Å²) in [6.07, 6.45) is 0.700. The molecule has 5 amide bonds. The molecule has 0 saturated carbocycles. The summed E-state index contributed by atoms with van der Waals surface area (Å²) in [5.74, 6) is -6.53. The van der Waals surface area contributed by atoms with Crippen molar-refractivity contribution in [3.8, 4) is 11.1 Å². The third-order valence-electron chi connectivity index (χ3n) is 11.0. The van der Waals surface area contributed by atoms with E-state index in [4.69, 9.17) is 15.2 Å². The van der Waals surface area contributed by atoms with E-state index in [0.29, 0.717) is 11.3 Å². The first kappa shape index (κ1) is 59.1. The summed E-state index contributed by atoms with van der Waals surface area (Å²) < 4.78 is 42.6. The van der Waals surface area contributed by atoms with Gasteiger partial charge in [-0.05, 0) is 102 Å². The van der Waals surface area contributed by atoms with Crippen molar-refractivity contribution in [2.45, 2.75) is 157 Å². The molecule has 0 aliphatic rings. The van der Waals surface area contributed by atoms with Crippen molar-refractivity contribution < 1.29 is 56.9 Å². The number of hydrogen-bond acceptors (Lipinski definition) is 11. The summed E-state index contributed by atoms with van der Waals surface area (Å²) in [6, 6.07) is 8.43. The number of aliphatic hydroxyl groups is 1. The van der Waals surface area contributed by atoms with Crippen molar-refractivity contribution in [3.63, 3.8) is 0 Å². The number of amides is 5. The average Bonchev–Trinajstić information content (AvgIpc) is 3.66. The highest BCUT2D eigenvalue weighted by Crippen LogP contribution is 2.41.